The third-order valence-electron chi connectivity index (χ3n) is 4.32. The number of hydrogen-bond donors (Lipinski definition) is 2. The van der Waals surface area contributed by atoms with E-state index in [2.05, 4.69) is 10.6 Å². The van der Waals surface area contributed by atoms with Gasteiger partial charge >= 0.3 is 0 Å². The Kier molecular flexibility index (Phi) is 6.45. The lowest BCUT2D eigenvalue weighted by atomic mass is 9.99. The molecule has 142 valence electrons. The van der Waals surface area contributed by atoms with Crippen LogP contribution in [0.3, 0.4) is 0 Å². The molecule has 3 aromatic carbocycles. The maximum absolute atomic E-state index is 12.9. The van der Waals surface area contributed by atoms with Gasteiger partial charge in [-0.15, -0.1) is 0 Å². The van der Waals surface area contributed by atoms with E-state index < -0.39 is 0 Å². The summed E-state index contributed by atoms with van der Waals surface area (Å²) in [5.74, 6) is -0.347. The third-order valence-corrected chi connectivity index (χ3v) is 4.65. The summed E-state index contributed by atoms with van der Waals surface area (Å²) in [6, 6.07) is 22.5. The molecule has 2 amide bonds. The van der Waals surface area contributed by atoms with Crippen molar-refractivity contribution in [2.75, 3.05) is 10.6 Å². The number of benzene rings is 3. The first-order valence-electron chi connectivity index (χ1n) is 9.09. The Morgan fingerprint density at radius 1 is 0.893 bits per heavy atom. The molecule has 0 unspecified atom stereocenters. The lowest BCUT2D eigenvalue weighted by Crippen LogP contribution is -2.15. The fourth-order valence-corrected chi connectivity index (χ4v) is 3.01. The second-order valence-electron chi connectivity index (χ2n) is 6.37. The van der Waals surface area contributed by atoms with E-state index >= 15 is 0 Å². The Balaban J connectivity index is 1.82. The summed E-state index contributed by atoms with van der Waals surface area (Å²) < 4.78 is 0. The van der Waals surface area contributed by atoms with Crippen molar-refractivity contribution in [3.05, 3.63) is 94.5 Å². The summed E-state index contributed by atoms with van der Waals surface area (Å²) in [7, 11) is 0. The zero-order valence-corrected chi connectivity index (χ0v) is 16.3. The zero-order chi connectivity index (χ0) is 19.9. The van der Waals surface area contributed by atoms with Crippen LogP contribution in [0, 0.1) is 0 Å². The van der Waals surface area contributed by atoms with Crippen LogP contribution in [0.25, 0.3) is 0 Å². The van der Waals surface area contributed by atoms with Gasteiger partial charge in [0, 0.05) is 17.7 Å². The predicted octanol–water partition coefficient (Wildman–Crippen LogP) is 5.53. The Hall–Kier alpha value is -3.11. The van der Waals surface area contributed by atoms with Crippen molar-refractivity contribution in [2.45, 2.75) is 19.8 Å². The van der Waals surface area contributed by atoms with Gasteiger partial charge in [-0.05, 0) is 41.8 Å². The van der Waals surface area contributed by atoms with Crippen LogP contribution in [0.2, 0.25) is 5.02 Å². The third kappa shape index (κ3) is 4.99. The molecule has 3 rings (SSSR count). The molecule has 0 aliphatic heterocycles. The van der Waals surface area contributed by atoms with E-state index in [1.54, 1.807) is 31.2 Å². The summed E-state index contributed by atoms with van der Waals surface area (Å²) >= 11 is 6.24. The molecule has 28 heavy (non-hydrogen) atoms. The molecule has 3 aromatic rings. The first-order valence-corrected chi connectivity index (χ1v) is 9.47. The maximum atomic E-state index is 12.9. The molecular formula is C23H21ClN2O2. The number of carbonyl (C=O) groups excluding carboxylic acids is 2. The minimum atomic E-state index is -0.243. The molecule has 0 radical (unpaired) electrons. The van der Waals surface area contributed by atoms with Gasteiger partial charge in [0.25, 0.3) is 5.91 Å². The van der Waals surface area contributed by atoms with Crippen molar-refractivity contribution >= 4 is 34.8 Å². The van der Waals surface area contributed by atoms with Gasteiger partial charge in [0.1, 0.15) is 0 Å². The fraction of sp³-hybridized carbons (Fsp3) is 0.130. The van der Waals surface area contributed by atoms with Crippen LogP contribution in [-0.4, -0.2) is 11.8 Å². The number of amides is 2. The van der Waals surface area contributed by atoms with Crippen molar-refractivity contribution in [1.29, 1.82) is 0 Å². The Labute approximate surface area is 169 Å². The summed E-state index contributed by atoms with van der Waals surface area (Å²) in [5, 5.41) is 6.04. The Bertz CT molecular complexity index is 987. The van der Waals surface area contributed by atoms with Gasteiger partial charge in [0.2, 0.25) is 5.91 Å². The second-order valence-corrected chi connectivity index (χ2v) is 6.78. The highest BCUT2D eigenvalue weighted by Crippen LogP contribution is 2.27. The van der Waals surface area contributed by atoms with E-state index in [0.29, 0.717) is 34.8 Å². The second kappa shape index (κ2) is 9.20. The zero-order valence-electron chi connectivity index (χ0n) is 15.5. The lowest BCUT2D eigenvalue weighted by molar-refractivity contribution is -0.115. The van der Waals surface area contributed by atoms with Gasteiger partial charge < -0.3 is 10.6 Å². The molecule has 0 spiro atoms. The van der Waals surface area contributed by atoms with Gasteiger partial charge in [-0.3, -0.25) is 9.59 Å². The number of rotatable bonds is 6. The average molecular weight is 393 g/mol. The van der Waals surface area contributed by atoms with E-state index in [1.807, 2.05) is 48.5 Å². The van der Waals surface area contributed by atoms with Crippen molar-refractivity contribution in [3.8, 4) is 0 Å². The summed E-state index contributed by atoms with van der Waals surface area (Å²) in [6.07, 6.45) is 1.03. The topological polar surface area (TPSA) is 58.2 Å². The molecule has 2 N–H and O–H groups in total. The summed E-state index contributed by atoms with van der Waals surface area (Å²) in [4.78, 5) is 24.5. The van der Waals surface area contributed by atoms with Gasteiger partial charge in [-0.25, -0.2) is 0 Å². The van der Waals surface area contributed by atoms with E-state index in [-0.39, 0.29) is 11.8 Å². The molecule has 0 atom stereocenters. The van der Waals surface area contributed by atoms with Gasteiger partial charge in [-0.1, -0.05) is 67.1 Å². The molecule has 0 aliphatic rings. The monoisotopic (exact) mass is 392 g/mol. The maximum Gasteiger partial charge on any atom is 0.255 e. The van der Waals surface area contributed by atoms with E-state index in [0.717, 1.165) is 11.1 Å². The van der Waals surface area contributed by atoms with Gasteiger partial charge in [0.15, 0.2) is 0 Å². The van der Waals surface area contributed by atoms with E-state index in [4.69, 9.17) is 11.6 Å². The standard InChI is InChI=1S/C23H21ClN2O2/c1-2-22(27)25-18-12-13-20(24)21(15-18)26-23(28)19-11-7-6-10-17(19)14-16-8-4-3-5-9-16/h3-13,15H,2,14H2,1H3,(H,25,27)(H,26,28). The number of carbonyl (C=O) groups is 2. The lowest BCUT2D eigenvalue weighted by Gasteiger charge is -2.13. The minimum absolute atomic E-state index is 0.104. The Morgan fingerprint density at radius 3 is 2.36 bits per heavy atom. The number of hydrogen-bond acceptors (Lipinski definition) is 2. The van der Waals surface area contributed by atoms with Crippen molar-refractivity contribution in [3.63, 3.8) is 0 Å². The quantitative estimate of drug-likeness (QED) is 0.579. The van der Waals surface area contributed by atoms with Gasteiger partial charge in [0.05, 0.1) is 10.7 Å². The highest BCUT2D eigenvalue weighted by Gasteiger charge is 2.14. The smallest absolute Gasteiger partial charge is 0.255 e. The molecule has 0 aliphatic carbocycles. The molecule has 0 aromatic heterocycles. The molecule has 0 saturated carbocycles. The average Bonchev–Trinajstić information content (AvgIpc) is 2.71. The Morgan fingerprint density at radius 2 is 1.61 bits per heavy atom. The highest BCUT2D eigenvalue weighted by atomic mass is 35.5. The molecule has 5 heteroatoms. The van der Waals surface area contributed by atoms with Crippen molar-refractivity contribution in [1.82, 2.24) is 0 Å². The van der Waals surface area contributed by atoms with E-state index in [1.165, 1.54) is 0 Å². The summed E-state index contributed by atoms with van der Waals surface area (Å²) in [6.45, 7) is 1.78. The van der Waals surface area contributed by atoms with Crippen molar-refractivity contribution < 1.29 is 9.59 Å². The molecule has 0 saturated heterocycles. The van der Waals surface area contributed by atoms with Crippen LogP contribution < -0.4 is 10.6 Å². The number of halogens is 1. The largest absolute Gasteiger partial charge is 0.326 e. The van der Waals surface area contributed by atoms with Crippen molar-refractivity contribution in [2.24, 2.45) is 0 Å². The predicted molar refractivity (Wildman–Crippen MR) is 114 cm³/mol. The highest BCUT2D eigenvalue weighted by molar-refractivity contribution is 6.34. The minimum Gasteiger partial charge on any atom is -0.326 e. The van der Waals surface area contributed by atoms with Crippen LogP contribution >= 0.6 is 11.6 Å². The fourth-order valence-electron chi connectivity index (χ4n) is 2.85. The normalized spacial score (nSPS) is 10.4. The van der Waals surface area contributed by atoms with E-state index in [9.17, 15) is 9.59 Å². The number of anilines is 2. The first kappa shape index (κ1) is 19.6. The van der Waals surface area contributed by atoms with Crippen LogP contribution in [0.15, 0.2) is 72.8 Å². The number of nitrogens with one attached hydrogen (secondary N) is 2. The molecule has 0 bridgehead atoms. The van der Waals surface area contributed by atoms with Crippen LogP contribution in [0.1, 0.15) is 34.8 Å². The molecule has 4 nitrogen and oxygen atoms in total. The van der Waals surface area contributed by atoms with Gasteiger partial charge in [-0.2, -0.15) is 0 Å². The SMILES string of the molecule is CCC(=O)Nc1ccc(Cl)c(NC(=O)c2ccccc2Cc2ccccc2)c1. The van der Waals surface area contributed by atoms with Crippen LogP contribution in [0.4, 0.5) is 11.4 Å². The summed E-state index contributed by atoms with van der Waals surface area (Å²) in [5.41, 5.74) is 3.69. The molecule has 0 fully saturated rings. The molecule has 0 heterocycles. The van der Waals surface area contributed by atoms with Crippen LogP contribution in [0.5, 0.6) is 0 Å². The molecular weight excluding hydrogens is 372 g/mol. The van der Waals surface area contributed by atoms with Crippen LogP contribution in [-0.2, 0) is 11.2 Å². The first-order chi connectivity index (χ1) is 13.6.